The molecule has 2 heteroatoms. The van der Waals surface area contributed by atoms with Gasteiger partial charge in [-0.2, -0.15) is 0 Å². The van der Waals surface area contributed by atoms with Crippen molar-refractivity contribution in [1.82, 2.24) is 0 Å². The molecule has 2 aromatic heterocycles. The van der Waals surface area contributed by atoms with Crippen LogP contribution in [0.5, 0.6) is 0 Å². The van der Waals surface area contributed by atoms with Gasteiger partial charge >= 0.3 is 0 Å². The largest absolute Gasteiger partial charge is 0.181 e. The summed E-state index contributed by atoms with van der Waals surface area (Å²) in [4.78, 5) is 0. The van der Waals surface area contributed by atoms with Crippen LogP contribution in [-0.4, -0.2) is 0 Å². The first-order valence-corrected chi connectivity index (χ1v) is 11.5. The SMILES string of the molecule is C[s+]1c2ccccc2c2ccccc21.c1ccc2c(c1)sc1ccccc12. The van der Waals surface area contributed by atoms with Gasteiger partial charge in [0.15, 0.2) is 9.40 Å². The molecule has 2 heterocycles. The second kappa shape index (κ2) is 6.80. The van der Waals surface area contributed by atoms with Crippen LogP contribution in [0.4, 0.5) is 0 Å². The lowest BCUT2D eigenvalue weighted by atomic mass is 10.2. The smallest absolute Gasteiger partial charge is 0.135 e. The van der Waals surface area contributed by atoms with Crippen LogP contribution < -0.4 is 0 Å². The van der Waals surface area contributed by atoms with Gasteiger partial charge in [-0.3, -0.25) is 0 Å². The van der Waals surface area contributed by atoms with Gasteiger partial charge in [0, 0.05) is 30.9 Å². The zero-order chi connectivity index (χ0) is 18.2. The fraction of sp³-hybridized carbons (Fsp3) is 0.0400. The maximum absolute atomic E-state index is 2.31. The van der Waals surface area contributed by atoms with E-state index in [1.54, 1.807) is 0 Å². The molecule has 0 aliphatic heterocycles. The van der Waals surface area contributed by atoms with E-state index in [9.17, 15) is 0 Å². The van der Waals surface area contributed by atoms with Crippen LogP contribution in [0.2, 0.25) is 0 Å². The second-order valence-corrected chi connectivity index (χ2v) is 9.58. The molecule has 0 atom stereocenters. The van der Waals surface area contributed by atoms with Crippen molar-refractivity contribution in [2.24, 2.45) is 6.26 Å². The normalized spacial score (nSPS) is 11.1. The summed E-state index contributed by atoms with van der Waals surface area (Å²) < 4.78 is 5.75. The molecule has 0 radical (unpaired) electrons. The van der Waals surface area contributed by atoms with Gasteiger partial charge in [-0.15, -0.1) is 11.3 Å². The highest BCUT2D eigenvalue weighted by atomic mass is 32.2. The molecular weight excluding hydrogens is 364 g/mol. The minimum atomic E-state index is 0.277. The fourth-order valence-corrected chi connectivity index (χ4v) is 6.63. The van der Waals surface area contributed by atoms with E-state index in [1.807, 2.05) is 11.3 Å². The highest BCUT2D eigenvalue weighted by Crippen LogP contribution is 2.40. The van der Waals surface area contributed by atoms with E-state index < -0.39 is 0 Å². The Kier molecular flexibility index (Phi) is 4.16. The van der Waals surface area contributed by atoms with E-state index in [0.717, 1.165) is 0 Å². The van der Waals surface area contributed by atoms with Crippen LogP contribution in [0.25, 0.3) is 40.3 Å². The molecule has 0 unspecified atom stereocenters. The van der Waals surface area contributed by atoms with Crippen molar-refractivity contribution in [2.75, 3.05) is 0 Å². The van der Waals surface area contributed by atoms with E-state index in [1.165, 1.54) is 40.3 Å². The lowest BCUT2D eigenvalue weighted by molar-refractivity contribution is 1.84. The minimum absolute atomic E-state index is 0.277. The average molecular weight is 384 g/mol. The summed E-state index contributed by atoms with van der Waals surface area (Å²) in [5, 5.41) is 5.61. The Hall–Kier alpha value is -2.68. The van der Waals surface area contributed by atoms with Crippen molar-refractivity contribution in [3.63, 3.8) is 0 Å². The van der Waals surface area contributed by atoms with Crippen molar-refractivity contribution < 1.29 is 0 Å². The van der Waals surface area contributed by atoms with Crippen LogP contribution in [0, 0.1) is 0 Å². The number of benzene rings is 4. The Balaban J connectivity index is 0.000000119. The molecule has 0 saturated carbocycles. The lowest BCUT2D eigenvalue weighted by Crippen LogP contribution is -1.62. The zero-order valence-corrected chi connectivity index (χ0v) is 16.7. The van der Waals surface area contributed by atoms with Gasteiger partial charge in [0.05, 0.1) is 0 Å². The topological polar surface area (TPSA) is 0 Å². The molecule has 0 spiro atoms. The van der Waals surface area contributed by atoms with Crippen LogP contribution in [0.3, 0.4) is 0 Å². The summed E-state index contributed by atoms with van der Waals surface area (Å²) in [5.74, 6) is 0. The minimum Gasteiger partial charge on any atom is -0.135 e. The molecule has 4 aromatic carbocycles. The van der Waals surface area contributed by atoms with Crippen molar-refractivity contribution >= 4 is 62.2 Å². The van der Waals surface area contributed by atoms with Gasteiger partial charge in [0.25, 0.3) is 0 Å². The fourth-order valence-electron chi connectivity index (χ4n) is 3.71. The number of aryl methyl sites for hydroxylation is 1. The van der Waals surface area contributed by atoms with Gasteiger partial charge in [0.1, 0.15) is 6.26 Å². The molecule has 130 valence electrons. The molecule has 0 nitrogen and oxygen atoms in total. The van der Waals surface area contributed by atoms with E-state index in [-0.39, 0.29) is 10.5 Å². The van der Waals surface area contributed by atoms with Crippen LogP contribution >= 0.6 is 21.8 Å². The predicted molar refractivity (Wildman–Crippen MR) is 124 cm³/mol. The molecule has 0 N–H and O–H groups in total. The summed E-state index contributed by atoms with van der Waals surface area (Å²) in [7, 11) is 0.277. The molecule has 0 aliphatic rings. The third kappa shape index (κ3) is 2.82. The van der Waals surface area contributed by atoms with Crippen molar-refractivity contribution in [3.8, 4) is 0 Å². The Bertz CT molecular complexity index is 1280. The van der Waals surface area contributed by atoms with Crippen molar-refractivity contribution in [3.05, 3.63) is 97.1 Å². The van der Waals surface area contributed by atoms with E-state index in [4.69, 9.17) is 0 Å². The first kappa shape index (κ1) is 16.5. The Morgan fingerprint density at radius 2 is 0.852 bits per heavy atom. The number of rotatable bonds is 0. The number of hydrogen-bond acceptors (Lipinski definition) is 1. The standard InChI is InChI=1S/C13H11S.C12H8S/c1-14-12-8-4-2-6-10(12)11-7-3-5-9-13(11)14;1-3-7-11-9(5-1)10-6-2-4-8-12(10)13-11/h2-9H,1H3;1-8H/q+1;. The van der Waals surface area contributed by atoms with Crippen molar-refractivity contribution in [2.45, 2.75) is 0 Å². The molecule has 6 aromatic rings. The zero-order valence-electron chi connectivity index (χ0n) is 15.1. The molecular formula is C25H19S2+. The van der Waals surface area contributed by atoms with Crippen LogP contribution in [0.15, 0.2) is 97.1 Å². The summed E-state index contributed by atoms with van der Waals surface area (Å²) in [6.45, 7) is 0. The Morgan fingerprint density at radius 3 is 1.33 bits per heavy atom. The third-order valence-corrected chi connectivity index (χ3v) is 8.19. The Morgan fingerprint density at radius 1 is 0.481 bits per heavy atom. The van der Waals surface area contributed by atoms with Gasteiger partial charge in [-0.05, 0) is 46.9 Å². The quantitative estimate of drug-likeness (QED) is 0.231. The highest BCUT2D eigenvalue weighted by Gasteiger charge is 2.15. The van der Waals surface area contributed by atoms with Crippen molar-refractivity contribution in [1.29, 1.82) is 0 Å². The van der Waals surface area contributed by atoms with E-state index >= 15 is 0 Å². The maximum atomic E-state index is 2.31. The first-order chi connectivity index (χ1) is 13.3. The maximum Gasteiger partial charge on any atom is 0.181 e. The number of fused-ring (bicyclic) bond motifs is 6. The van der Waals surface area contributed by atoms with Gasteiger partial charge in [0.2, 0.25) is 0 Å². The van der Waals surface area contributed by atoms with E-state index in [0.29, 0.717) is 0 Å². The predicted octanol–water partition coefficient (Wildman–Crippen LogP) is 8.33. The van der Waals surface area contributed by atoms with Crippen LogP contribution in [-0.2, 0) is 6.26 Å². The number of thiophene rings is 2. The summed E-state index contributed by atoms with van der Waals surface area (Å²) in [6, 6.07) is 34.6. The lowest BCUT2D eigenvalue weighted by Gasteiger charge is -1.88. The molecule has 0 amide bonds. The van der Waals surface area contributed by atoms with Crippen LogP contribution in [0.1, 0.15) is 0 Å². The van der Waals surface area contributed by atoms with Gasteiger partial charge < -0.3 is 0 Å². The molecule has 0 fully saturated rings. The monoisotopic (exact) mass is 383 g/mol. The Labute approximate surface area is 165 Å². The summed E-state index contributed by atoms with van der Waals surface area (Å²) >= 11 is 1.86. The highest BCUT2D eigenvalue weighted by molar-refractivity contribution is 7.41. The first-order valence-electron chi connectivity index (χ1n) is 9.03. The average Bonchev–Trinajstić information content (AvgIpc) is 3.25. The molecule has 27 heavy (non-hydrogen) atoms. The molecule has 0 saturated heterocycles. The number of hydrogen-bond donors (Lipinski definition) is 0. The van der Waals surface area contributed by atoms with Gasteiger partial charge in [-0.1, -0.05) is 60.7 Å². The molecule has 0 bridgehead atoms. The second-order valence-electron chi connectivity index (χ2n) is 6.60. The van der Waals surface area contributed by atoms with Gasteiger partial charge in [-0.25, -0.2) is 0 Å². The third-order valence-electron chi connectivity index (χ3n) is 5.01. The molecule has 6 rings (SSSR count). The summed E-state index contributed by atoms with van der Waals surface area (Å²) in [6.07, 6.45) is 2.31. The summed E-state index contributed by atoms with van der Waals surface area (Å²) in [5.41, 5.74) is 0. The molecule has 0 aliphatic carbocycles. The van der Waals surface area contributed by atoms with E-state index in [2.05, 4.69) is 103 Å².